The Morgan fingerprint density at radius 1 is 1.11 bits per heavy atom. The van der Waals surface area contributed by atoms with E-state index in [4.69, 9.17) is 11.6 Å². The van der Waals surface area contributed by atoms with Gasteiger partial charge < -0.3 is 10.2 Å². The fourth-order valence-corrected chi connectivity index (χ4v) is 5.49. The molecule has 36 heavy (non-hydrogen) atoms. The van der Waals surface area contributed by atoms with Gasteiger partial charge in [0.05, 0.1) is 11.9 Å². The Labute approximate surface area is 217 Å². The summed E-state index contributed by atoms with van der Waals surface area (Å²) in [6.07, 6.45) is 5.17. The Hall–Kier alpha value is -2.65. The molecule has 2 amide bonds. The topological polar surface area (TPSA) is 86.8 Å². The van der Waals surface area contributed by atoms with E-state index in [0.717, 1.165) is 41.8 Å². The molecule has 0 unspecified atom stereocenters. The van der Waals surface area contributed by atoms with E-state index >= 15 is 0 Å². The minimum Gasteiger partial charge on any atom is -0.352 e. The zero-order chi connectivity index (χ0) is 26.3. The van der Waals surface area contributed by atoms with E-state index in [0.29, 0.717) is 5.02 Å². The normalized spacial score (nSPS) is 14.9. The van der Waals surface area contributed by atoms with Crippen LogP contribution < -0.4 is 9.62 Å². The van der Waals surface area contributed by atoms with Crippen LogP contribution in [0.15, 0.2) is 48.5 Å². The minimum atomic E-state index is -3.76. The quantitative estimate of drug-likeness (QED) is 0.457. The van der Waals surface area contributed by atoms with E-state index in [9.17, 15) is 22.4 Å². The maximum Gasteiger partial charge on any atom is 0.242 e. The van der Waals surface area contributed by atoms with Crippen LogP contribution in [0.3, 0.4) is 0 Å². The number of hydrogen-bond donors (Lipinski definition) is 1. The van der Waals surface area contributed by atoms with Gasteiger partial charge in [-0.15, -0.1) is 0 Å². The Balaban J connectivity index is 1.72. The van der Waals surface area contributed by atoms with Crippen LogP contribution in [0.5, 0.6) is 0 Å². The van der Waals surface area contributed by atoms with E-state index in [2.05, 4.69) is 5.32 Å². The van der Waals surface area contributed by atoms with Gasteiger partial charge in [0.1, 0.15) is 11.9 Å². The second kappa shape index (κ2) is 12.5. The first-order valence-electron chi connectivity index (χ1n) is 12.1. The molecule has 0 heterocycles. The molecule has 1 atom stereocenters. The molecule has 1 saturated carbocycles. The van der Waals surface area contributed by atoms with Gasteiger partial charge in [-0.05, 0) is 56.0 Å². The number of para-hydroxylation sites is 1. The van der Waals surface area contributed by atoms with Gasteiger partial charge in [-0.3, -0.25) is 13.9 Å². The Morgan fingerprint density at radius 2 is 1.75 bits per heavy atom. The lowest BCUT2D eigenvalue weighted by Crippen LogP contribution is -2.49. The Kier molecular flexibility index (Phi) is 9.73. The number of sulfonamides is 1. The lowest BCUT2D eigenvalue weighted by atomic mass is 10.1. The first-order chi connectivity index (χ1) is 17.1. The highest BCUT2D eigenvalue weighted by atomic mass is 35.5. The molecule has 0 bridgehead atoms. The number of halogens is 2. The zero-order valence-corrected chi connectivity index (χ0v) is 22.2. The minimum absolute atomic E-state index is 0.00485. The summed E-state index contributed by atoms with van der Waals surface area (Å²) < 4.78 is 39.9. The molecule has 1 fully saturated rings. The fraction of sp³-hybridized carbons (Fsp3) is 0.462. The summed E-state index contributed by atoms with van der Waals surface area (Å²) in [5.74, 6) is -1.16. The van der Waals surface area contributed by atoms with Gasteiger partial charge in [0.25, 0.3) is 0 Å². The number of rotatable bonds is 11. The molecule has 7 nitrogen and oxygen atoms in total. The molecule has 3 rings (SSSR count). The Bertz CT molecular complexity index is 1150. The number of nitrogens with one attached hydrogen (secondary N) is 1. The molecule has 0 saturated heterocycles. The molecule has 1 N–H and O–H groups in total. The lowest BCUT2D eigenvalue weighted by Gasteiger charge is -2.30. The molecule has 196 valence electrons. The predicted octanol–water partition coefficient (Wildman–Crippen LogP) is 4.50. The van der Waals surface area contributed by atoms with Crippen molar-refractivity contribution in [1.82, 2.24) is 10.2 Å². The van der Waals surface area contributed by atoms with Crippen molar-refractivity contribution in [2.45, 2.75) is 64.1 Å². The molecule has 10 heteroatoms. The van der Waals surface area contributed by atoms with E-state index in [1.54, 1.807) is 37.3 Å². The molecular weight excluding hydrogens is 505 g/mol. The van der Waals surface area contributed by atoms with E-state index in [1.165, 1.54) is 23.1 Å². The van der Waals surface area contributed by atoms with Crippen molar-refractivity contribution >= 4 is 39.1 Å². The smallest absolute Gasteiger partial charge is 0.242 e. The van der Waals surface area contributed by atoms with Gasteiger partial charge in [0.2, 0.25) is 21.8 Å². The monoisotopic (exact) mass is 537 g/mol. The van der Waals surface area contributed by atoms with E-state index < -0.39 is 21.9 Å². The largest absolute Gasteiger partial charge is 0.352 e. The summed E-state index contributed by atoms with van der Waals surface area (Å²) in [4.78, 5) is 27.8. The second-order valence-corrected chi connectivity index (χ2v) is 11.5. The summed E-state index contributed by atoms with van der Waals surface area (Å²) in [6, 6.07) is 12.1. The van der Waals surface area contributed by atoms with Crippen molar-refractivity contribution in [1.29, 1.82) is 0 Å². The SMILES string of the molecule is C[C@@H](C(=O)NC1CCCC1)N(Cc1ccc(Cl)cc1)C(=O)CCCN(c1ccccc1F)S(C)(=O)=O. The molecule has 0 radical (unpaired) electrons. The summed E-state index contributed by atoms with van der Waals surface area (Å²) in [6.45, 7) is 1.83. The molecule has 0 aliphatic heterocycles. The number of carbonyl (C=O) groups is 2. The van der Waals surface area contributed by atoms with Crippen LogP contribution in [-0.2, 0) is 26.2 Å². The van der Waals surface area contributed by atoms with Gasteiger partial charge >= 0.3 is 0 Å². The molecule has 2 aromatic carbocycles. The van der Waals surface area contributed by atoms with Crippen LogP contribution >= 0.6 is 11.6 Å². The third-order valence-corrected chi connectivity index (χ3v) is 7.84. The van der Waals surface area contributed by atoms with Gasteiger partial charge in [-0.25, -0.2) is 12.8 Å². The van der Waals surface area contributed by atoms with Crippen LogP contribution in [0.25, 0.3) is 0 Å². The van der Waals surface area contributed by atoms with Gasteiger partial charge in [-0.2, -0.15) is 0 Å². The number of hydrogen-bond acceptors (Lipinski definition) is 4. The lowest BCUT2D eigenvalue weighted by molar-refractivity contribution is -0.141. The predicted molar refractivity (Wildman–Crippen MR) is 140 cm³/mol. The third-order valence-electron chi connectivity index (χ3n) is 6.41. The summed E-state index contributed by atoms with van der Waals surface area (Å²) >= 11 is 5.99. The number of benzene rings is 2. The van der Waals surface area contributed by atoms with Crippen molar-refractivity contribution in [2.24, 2.45) is 0 Å². The molecule has 2 aromatic rings. The highest BCUT2D eigenvalue weighted by molar-refractivity contribution is 7.92. The van der Waals surface area contributed by atoms with Crippen molar-refractivity contribution in [2.75, 3.05) is 17.1 Å². The highest BCUT2D eigenvalue weighted by Gasteiger charge is 2.29. The number of amides is 2. The van der Waals surface area contributed by atoms with Crippen LogP contribution in [0, 0.1) is 5.82 Å². The number of nitrogens with zero attached hydrogens (tertiary/aromatic N) is 2. The average molecular weight is 538 g/mol. The summed E-state index contributed by atoms with van der Waals surface area (Å²) in [5, 5.41) is 3.61. The van der Waals surface area contributed by atoms with Crippen LogP contribution in [0.2, 0.25) is 5.02 Å². The standard InChI is InChI=1S/C26H33ClFN3O4S/c1-19(26(33)29-22-8-3-4-9-22)30(18-20-13-15-21(27)16-14-20)25(32)12-7-17-31(36(2,34)35)24-11-6-5-10-23(24)28/h5-6,10-11,13-16,19,22H,3-4,7-9,12,17-18H2,1-2H3,(H,29,33)/t19-/m0/s1. The highest BCUT2D eigenvalue weighted by Crippen LogP contribution is 2.23. The summed E-state index contributed by atoms with van der Waals surface area (Å²) in [5.41, 5.74) is 0.757. The van der Waals surface area contributed by atoms with Crippen LogP contribution in [0.4, 0.5) is 10.1 Å². The maximum atomic E-state index is 14.3. The van der Waals surface area contributed by atoms with E-state index in [-0.39, 0.29) is 49.5 Å². The Morgan fingerprint density at radius 3 is 2.36 bits per heavy atom. The van der Waals surface area contributed by atoms with Gasteiger partial charge in [-0.1, -0.05) is 48.7 Å². The number of carbonyl (C=O) groups excluding carboxylic acids is 2. The molecular formula is C26H33ClFN3O4S. The molecule has 0 aromatic heterocycles. The molecule has 0 spiro atoms. The fourth-order valence-electron chi connectivity index (χ4n) is 4.40. The van der Waals surface area contributed by atoms with Crippen molar-refractivity contribution in [3.8, 4) is 0 Å². The second-order valence-electron chi connectivity index (χ2n) is 9.20. The number of anilines is 1. The van der Waals surface area contributed by atoms with Crippen molar-refractivity contribution < 1.29 is 22.4 Å². The van der Waals surface area contributed by atoms with Gasteiger partial charge in [0.15, 0.2) is 0 Å². The van der Waals surface area contributed by atoms with Crippen LogP contribution in [-0.4, -0.2) is 50.0 Å². The van der Waals surface area contributed by atoms with Gasteiger partial charge in [0, 0.05) is 30.6 Å². The zero-order valence-electron chi connectivity index (χ0n) is 20.6. The van der Waals surface area contributed by atoms with Crippen molar-refractivity contribution in [3.63, 3.8) is 0 Å². The van der Waals surface area contributed by atoms with Crippen LogP contribution in [0.1, 0.15) is 51.0 Å². The molecule has 1 aliphatic carbocycles. The third kappa shape index (κ3) is 7.67. The molecule has 1 aliphatic rings. The maximum absolute atomic E-state index is 14.3. The first-order valence-corrected chi connectivity index (χ1v) is 14.4. The van der Waals surface area contributed by atoms with E-state index in [1.807, 2.05) is 0 Å². The first kappa shape index (κ1) is 27.9. The van der Waals surface area contributed by atoms with Crippen molar-refractivity contribution in [3.05, 3.63) is 64.9 Å². The summed E-state index contributed by atoms with van der Waals surface area (Å²) in [7, 11) is -3.76. The average Bonchev–Trinajstić information content (AvgIpc) is 3.34.